The van der Waals surface area contributed by atoms with Gasteiger partial charge in [-0.1, -0.05) is 6.07 Å². The summed E-state index contributed by atoms with van der Waals surface area (Å²) in [6.45, 7) is 1.47. The van der Waals surface area contributed by atoms with E-state index in [1.54, 1.807) is 6.07 Å². The van der Waals surface area contributed by atoms with Crippen LogP contribution in [0.15, 0.2) is 6.07 Å². The van der Waals surface area contributed by atoms with Crippen molar-refractivity contribution < 1.29 is 13.2 Å². The van der Waals surface area contributed by atoms with E-state index in [1.165, 1.54) is 14.0 Å². The third kappa shape index (κ3) is 2.52. The van der Waals surface area contributed by atoms with E-state index in [0.717, 1.165) is 18.4 Å². The Bertz CT molecular complexity index is 372. The van der Waals surface area contributed by atoms with Gasteiger partial charge in [-0.15, -0.1) is 0 Å². The molecule has 2 nitrogen and oxygen atoms in total. The van der Waals surface area contributed by atoms with Crippen LogP contribution in [0.2, 0.25) is 0 Å². The van der Waals surface area contributed by atoms with Gasteiger partial charge in [0.1, 0.15) is 5.69 Å². The molecule has 5 heteroatoms. The first kappa shape index (κ1) is 13.0. The Kier molecular flexibility index (Phi) is 3.91. The van der Waals surface area contributed by atoms with Gasteiger partial charge in [0.05, 0.1) is 0 Å². The van der Waals surface area contributed by atoms with Gasteiger partial charge in [-0.05, 0) is 44.4 Å². The molecule has 0 unspecified atom stereocenters. The van der Waals surface area contributed by atoms with E-state index in [-0.39, 0.29) is 5.56 Å². The summed E-state index contributed by atoms with van der Waals surface area (Å²) in [7, 11) is 1.50. The minimum absolute atomic E-state index is 0.234. The van der Waals surface area contributed by atoms with E-state index < -0.39 is 11.9 Å². The Morgan fingerprint density at radius 3 is 2.44 bits per heavy atom. The van der Waals surface area contributed by atoms with E-state index in [4.69, 9.17) is 0 Å². The second-order valence-corrected chi connectivity index (χ2v) is 3.61. The molecule has 1 aliphatic carbocycles. The van der Waals surface area contributed by atoms with Crippen LogP contribution in [0.25, 0.3) is 0 Å². The number of aryl methyl sites for hydroxylation is 3. The van der Waals surface area contributed by atoms with Crippen LogP contribution in [0.5, 0.6) is 0 Å². The molecule has 90 valence electrons. The molecule has 0 radical (unpaired) electrons. The van der Waals surface area contributed by atoms with Crippen molar-refractivity contribution in [3.63, 3.8) is 0 Å². The fourth-order valence-corrected chi connectivity index (χ4v) is 1.87. The second-order valence-electron chi connectivity index (χ2n) is 3.61. The summed E-state index contributed by atoms with van der Waals surface area (Å²) in [5.74, 6) is 0. The van der Waals surface area contributed by atoms with Crippen LogP contribution >= 0.6 is 0 Å². The van der Waals surface area contributed by atoms with Gasteiger partial charge in [-0.3, -0.25) is 0 Å². The minimum atomic E-state index is -4.32. The fraction of sp³-hybridized carbons (Fsp3) is 0.545. The average molecular weight is 232 g/mol. The van der Waals surface area contributed by atoms with Gasteiger partial charge in [-0.2, -0.15) is 13.2 Å². The predicted molar refractivity (Wildman–Crippen MR) is 56.1 cm³/mol. The molecule has 1 heterocycles. The highest BCUT2D eigenvalue weighted by atomic mass is 19.4. The lowest BCUT2D eigenvalue weighted by Gasteiger charge is -2.10. The van der Waals surface area contributed by atoms with Crippen LogP contribution in [0.1, 0.15) is 28.9 Å². The molecule has 0 fully saturated rings. The summed E-state index contributed by atoms with van der Waals surface area (Å²) >= 11 is 0. The maximum atomic E-state index is 12.5. The Labute approximate surface area is 92.7 Å². The van der Waals surface area contributed by atoms with E-state index in [9.17, 15) is 13.2 Å². The standard InChI is InChI=1S/C10H10F3N.CH5N/c1-6-5-7-3-2-4-8(7)14-9(6)10(11,12)13;1-2/h5H,2-4H2,1H3;2H2,1H3. The zero-order chi connectivity index (χ0) is 12.3. The number of pyridine rings is 1. The Morgan fingerprint density at radius 2 is 1.88 bits per heavy atom. The zero-order valence-corrected chi connectivity index (χ0v) is 9.36. The Hall–Kier alpha value is -1.10. The third-order valence-electron chi connectivity index (χ3n) is 2.51. The number of fused-ring (bicyclic) bond motifs is 1. The van der Waals surface area contributed by atoms with Crippen LogP contribution in [-0.4, -0.2) is 12.0 Å². The molecule has 2 rings (SSSR count). The Balaban J connectivity index is 0.000000606. The molecule has 0 amide bonds. The maximum absolute atomic E-state index is 12.5. The SMILES string of the molecule is CN.Cc1cc2c(nc1C(F)(F)F)CCC2. The average Bonchev–Trinajstić information content (AvgIpc) is 2.65. The molecule has 1 aromatic heterocycles. The highest BCUT2D eigenvalue weighted by molar-refractivity contribution is 5.33. The first-order valence-electron chi connectivity index (χ1n) is 5.13. The number of rotatable bonds is 0. The first-order valence-corrected chi connectivity index (χ1v) is 5.13. The summed E-state index contributed by atoms with van der Waals surface area (Å²) in [5.41, 5.74) is 5.62. The minimum Gasteiger partial charge on any atom is -0.333 e. The number of alkyl halides is 3. The largest absolute Gasteiger partial charge is 0.433 e. The molecule has 1 aromatic rings. The van der Waals surface area contributed by atoms with Crippen molar-refractivity contribution in [1.29, 1.82) is 0 Å². The van der Waals surface area contributed by atoms with Crippen LogP contribution in [0.4, 0.5) is 13.2 Å². The number of hydrogen-bond donors (Lipinski definition) is 1. The van der Waals surface area contributed by atoms with Crippen molar-refractivity contribution in [2.45, 2.75) is 32.4 Å². The van der Waals surface area contributed by atoms with Crippen LogP contribution in [0, 0.1) is 6.92 Å². The lowest BCUT2D eigenvalue weighted by atomic mass is 10.1. The van der Waals surface area contributed by atoms with E-state index in [0.29, 0.717) is 12.1 Å². The zero-order valence-electron chi connectivity index (χ0n) is 9.36. The maximum Gasteiger partial charge on any atom is 0.433 e. The number of nitrogens with two attached hydrogens (primary N) is 1. The summed E-state index contributed by atoms with van der Waals surface area (Å²) < 4.78 is 37.4. The van der Waals surface area contributed by atoms with Crippen molar-refractivity contribution in [1.82, 2.24) is 4.98 Å². The molecule has 0 bridgehead atoms. The van der Waals surface area contributed by atoms with Gasteiger partial charge in [0.2, 0.25) is 0 Å². The van der Waals surface area contributed by atoms with Gasteiger partial charge >= 0.3 is 6.18 Å². The topological polar surface area (TPSA) is 38.9 Å². The molecular formula is C11H15F3N2. The van der Waals surface area contributed by atoms with E-state index in [1.807, 2.05) is 0 Å². The van der Waals surface area contributed by atoms with Gasteiger partial charge < -0.3 is 5.73 Å². The first-order chi connectivity index (χ1) is 7.48. The molecular weight excluding hydrogens is 217 g/mol. The summed E-state index contributed by atoms with van der Waals surface area (Å²) in [5, 5.41) is 0. The summed E-state index contributed by atoms with van der Waals surface area (Å²) in [4.78, 5) is 3.70. The summed E-state index contributed by atoms with van der Waals surface area (Å²) in [6, 6.07) is 1.62. The lowest BCUT2D eigenvalue weighted by molar-refractivity contribution is -0.141. The molecule has 0 aliphatic heterocycles. The quantitative estimate of drug-likeness (QED) is 0.746. The molecule has 16 heavy (non-hydrogen) atoms. The van der Waals surface area contributed by atoms with Gasteiger partial charge in [-0.25, -0.2) is 4.98 Å². The fourth-order valence-electron chi connectivity index (χ4n) is 1.87. The molecule has 0 aromatic carbocycles. The number of aromatic nitrogens is 1. The van der Waals surface area contributed by atoms with Crippen molar-refractivity contribution in [3.8, 4) is 0 Å². The molecule has 0 saturated carbocycles. The molecule has 1 aliphatic rings. The monoisotopic (exact) mass is 232 g/mol. The van der Waals surface area contributed by atoms with Gasteiger partial charge in [0, 0.05) is 5.69 Å². The summed E-state index contributed by atoms with van der Waals surface area (Å²) in [6.07, 6.45) is -1.86. The molecule has 2 N–H and O–H groups in total. The van der Waals surface area contributed by atoms with Crippen molar-refractivity contribution in [3.05, 3.63) is 28.6 Å². The number of halogens is 3. The van der Waals surface area contributed by atoms with Gasteiger partial charge in [0.25, 0.3) is 0 Å². The predicted octanol–water partition coefficient (Wildman–Crippen LogP) is 2.47. The van der Waals surface area contributed by atoms with Crippen molar-refractivity contribution in [2.75, 3.05) is 7.05 Å². The highest BCUT2D eigenvalue weighted by Crippen LogP contribution is 2.33. The Morgan fingerprint density at radius 1 is 1.25 bits per heavy atom. The molecule has 0 atom stereocenters. The van der Waals surface area contributed by atoms with Crippen LogP contribution < -0.4 is 5.73 Å². The highest BCUT2D eigenvalue weighted by Gasteiger charge is 2.35. The van der Waals surface area contributed by atoms with Gasteiger partial charge in [0.15, 0.2) is 0 Å². The number of nitrogens with zero attached hydrogens (tertiary/aromatic N) is 1. The van der Waals surface area contributed by atoms with Crippen LogP contribution in [-0.2, 0) is 19.0 Å². The van der Waals surface area contributed by atoms with Crippen molar-refractivity contribution >= 4 is 0 Å². The lowest BCUT2D eigenvalue weighted by Crippen LogP contribution is -2.12. The molecule has 0 saturated heterocycles. The smallest absolute Gasteiger partial charge is 0.333 e. The van der Waals surface area contributed by atoms with Crippen LogP contribution in [0.3, 0.4) is 0 Å². The third-order valence-corrected chi connectivity index (χ3v) is 2.51. The number of hydrogen-bond acceptors (Lipinski definition) is 2. The van der Waals surface area contributed by atoms with E-state index >= 15 is 0 Å². The normalized spacial score (nSPS) is 14.1. The second kappa shape index (κ2) is 4.82. The molecule has 0 spiro atoms. The van der Waals surface area contributed by atoms with Crippen molar-refractivity contribution in [2.24, 2.45) is 5.73 Å². The van der Waals surface area contributed by atoms with E-state index in [2.05, 4.69) is 10.7 Å².